The third kappa shape index (κ3) is 4.94. The summed E-state index contributed by atoms with van der Waals surface area (Å²) in [5, 5.41) is 12.5. The molecule has 0 saturated carbocycles. The van der Waals surface area contributed by atoms with Gasteiger partial charge in [0.1, 0.15) is 5.60 Å². The Balaban J connectivity index is 2.03. The number of hydrogen-bond acceptors (Lipinski definition) is 5. The van der Waals surface area contributed by atoms with Gasteiger partial charge in [0.25, 0.3) is 0 Å². The number of carbonyl (C=O) groups excluding carboxylic acids is 1. The van der Waals surface area contributed by atoms with Crippen LogP contribution in [0.25, 0.3) is 0 Å². The Bertz CT molecular complexity index is 514. The van der Waals surface area contributed by atoms with Crippen LogP contribution in [0.4, 0.5) is 4.79 Å². The van der Waals surface area contributed by atoms with E-state index < -0.39 is 17.8 Å². The van der Waals surface area contributed by atoms with Crippen molar-refractivity contribution in [1.82, 2.24) is 4.90 Å². The molecule has 1 fully saturated rings. The van der Waals surface area contributed by atoms with E-state index >= 15 is 0 Å². The first kappa shape index (κ1) is 17.7. The van der Waals surface area contributed by atoms with Gasteiger partial charge in [-0.2, -0.15) is 0 Å². The fraction of sp³-hybridized carbons (Fsp3) is 0.667. The topological polar surface area (TPSA) is 59.0 Å². The van der Waals surface area contributed by atoms with Crippen LogP contribution in [0.1, 0.15) is 25.6 Å². The van der Waals surface area contributed by atoms with E-state index in [2.05, 4.69) is 15.9 Å². The molecule has 0 bridgehead atoms. The van der Waals surface area contributed by atoms with E-state index in [1.807, 2.05) is 32.2 Å². The molecule has 1 amide bonds. The third-order valence-electron chi connectivity index (χ3n) is 3.27. The van der Waals surface area contributed by atoms with Crippen LogP contribution in [0.15, 0.2) is 15.9 Å². The van der Waals surface area contributed by atoms with E-state index in [0.717, 1.165) is 9.35 Å². The van der Waals surface area contributed by atoms with Crippen LogP contribution < -0.4 is 0 Å². The second-order valence-corrected chi connectivity index (χ2v) is 8.23. The molecule has 1 aromatic rings. The number of carbonyl (C=O) groups is 1. The van der Waals surface area contributed by atoms with Gasteiger partial charge in [0.2, 0.25) is 0 Å². The summed E-state index contributed by atoms with van der Waals surface area (Å²) in [5.41, 5.74) is -0.552. The molecule has 1 N–H and O–H groups in total. The van der Waals surface area contributed by atoms with Gasteiger partial charge < -0.3 is 14.6 Å². The van der Waals surface area contributed by atoms with Crippen molar-refractivity contribution in [2.45, 2.75) is 44.9 Å². The molecular weight excluding hydrogens is 370 g/mol. The maximum Gasteiger partial charge on any atom is 0.410 e. The summed E-state index contributed by atoms with van der Waals surface area (Å²) in [6, 6.07) is 1.60. The van der Waals surface area contributed by atoms with Crippen molar-refractivity contribution >= 4 is 33.4 Å². The Hall–Kier alpha value is -0.630. The van der Waals surface area contributed by atoms with Crippen molar-refractivity contribution in [3.8, 4) is 0 Å². The van der Waals surface area contributed by atoms with Gasteiger partial charge in [-0.25, -0.2) is 4.79 Å². The summed E-state index contributed by atoms with van der Waals surface area (Å²) in [6.07, 6.45) is -0.588. The number of hydrogen-bond donors (Lipinski definition) is 1. The number of nitrogens with zero attached hydrogens (tertiary/aromatic N) is 1. The monoisotopic (exact) mass is 391 g/mol. The lowest BCUT2D eigenvalue weighted by atomic mass is 10.1. The third-order valence-corrected chi connectivity index (χ3v) is 4.99. The van der Waals surface area contributed by atoms with Crippen molar-refractivity contribution in [3.63, 3.8) is 0 Å². The van der Waals surface area contributed by atoms with Gasteiger partial charge in [-0.3, -0.25) is 4.90 Å². The van der Waals surface area contributed by atoms with Crippen LogP contribution >= 0.6 is 27.3 Å². The Labute approximate surface area is 143 Å². The summed E-state index contributed by atoms with van der Waals surface area (Å²) in [7, 11) is 0. The first-order valence-electron chi connectivity index (χ1n) is 7.24. The van der Waals surface area contributed by atoms with Gasteiger partial charge in [-0.15, -0.1) is 11.3 Å². The largest absolute Gasteiger partial charge is 0.444 e. The van der Waals surface area contributed by atoms with Crippen molar-refractivity contribution < 1.29 is 19.4 Å². The minimum absolute atomic E-state index is 0.326. The highest BCUT2D eigenvalue weighted by Gasteiger charge is 2.35. The normalized spacial score (nSPS) is 20.8. The van der Waals surface area contributed by atoms with E-state index in [9.17, 15) is 9.90 Å². The number of rotatable bonds is 3. The molecule has 2 heterocycles. The summed E-state index contributed by atoms with van der Waals surface area (Å²) in [5.74, 6) is 0. The molecule has 1 aliphatic heterocycles. The van der Waals surface area contributed by atoms with E-state index in [-0.39, 0.29) is 6.04 Å². The minimum Gasteiger partial charge on any atom is -0.444 e. The second-order valence-electron chi connectivity index (χ2n) is 6.32. The number of aliphatic hydroxyl groups is 1. The Morgan fingerprint density at radius 2 is 2.36 bits per heavy atom. The SMILES string of the molecule is CC(C)(C)OC(=O)N1CCOCC1C(O)Cc1cc(Br)cs1. The Morgan fingerprint density at radius 3 is 2.95 bits per heavy atom. The van der Waals surface area contributed by atoms with Crippen molar-refractivity contribution in [2.75, 3.05) is 19.8 Å². The molecule has 1 aliphatic rings. The van der Waals surface area contributed by atoms with Crippen LogP contribution in [0.5, 0.6) is 0 Å². The van der Waals surface area contributed by atoms with Crippen molar-refractivity contribution in [2.24, 2.45) is 0 Å². The highest BCUT2D eigenvalue weighted by atomic mass is 79.9. The Morgan fingerprint density at radius 1 is 1.64 bits per heavy atom. The molecule has 22 heavy (non-hydrogen) atoms. The molecule has 0 radical (unpaired) electrons. The number of ether oxygens (including phenoxy) is 2. The van der Waals surface area contributed by atoms with Crippen molar-refractivity contribution in [1.29, 1.82) is 0 Å². The molecule has 2 atom stereocenters. The maximum absolute atomic E-state index is 12.3. The number of morpholine rings is 1. The zero-order valence-corrected chi connectivity index (χ0v) is 15.4. The van der Waals surface area contributed by atoms with E-state index in [0.29, 0.717) is 26.2 Å². The highest BCUT2D eigenvalue weighted by molar-refractivity contribution is 9.10. The Kier molecular flexibility index (Phi) is 5.87. The molecule has 2 rings (SSSR count). The first-order chi connectivity index (χ1) is 10.3. The van der Waals surface area contributed by atoms with Gasteiger partial charge in [-0.05, 0) is 42.8 Å². The fourth-order valence-electron chi connectivity index (χ4n) is 2.29. The highest BCUT2D eigenvalue weighted by Crippen LogP contribution is 2.24. The molecule has 0 aliphatic carbocycles. The maximum atomic E-state index is 12.3. The van der Waals surface area contributed by atoms with Crippen LogP contribution in [-0.2, 0) is 15.9 Å². The van der Waals surface area contributed by atoms with Crippen LogP contribution in [-0.4, -0.2) is 53.6 Å². The van der Waals surface area contributed by atoms with Crippen LogP contribution in [0.2, 0.25) is 0 Å². The van der Waals surface area contributed by atoms with Gasteiger partial charge in [0.05, 0.1) is 25.4 Å². The van der Waals surface area contributed by atoms with E-state index in [1.54, 1.807) is 16.2 Å². The van der Waals surface area contributed by atoms with Crippen LogP contribution in [0, 0.1) is 0 Å². The quantitative estimate of drug-likeness (QED) is 0.859. The summed E-state index contributed by atoms with van der Waals surface area (Å²) < 4.78 is 11.9. The summed E-state index contributed by atoms with van der Waals surface area (Å²) in [6.45, 7) is 6.73. The molecule has 0 aromatic carbocycles. The number of thiophene rings is 1. The minimum atomic E-state index is -0.682. The molecule has 0 spiro atoms. The zero-order chi connectivity index (χ0) is 16.3. The molecule has 5 nitrogen and oxygen atoms in total. The average Bonchev–Trinajstić information content (AvgIpc) is 2.82. The van der Waals surface area contributed by atoms with Gasteiger partial charge in [0, 0.05) is 27.7 Å². The number of halogens is 1. The fourth-order valence-corrected chi connectivity index (χ4v) is 3.79. The van der Waals surface area contributed by atoms with E-state index in [4.69, 9.17) is 9.47 Å². The van der Waals surface area contributed by atoms with Gasteiger partial charge >= 0.3 is 6.09 Å². The molecule has 124 valence electrons. The molecule has 7 heteroatoms. The standard InChI is InChI=1S/C15H22BrNO4S/c1-15(2,3)21-14(19)17-4-5-20-8-12(17)13(18)7-11-6-10(16)9-22-11/h6,9,12-13,18H,4-5,7-8H2,1-3H3. The lowest BCUT2D eigenvalue weighted by molar-refractivity contribution is -0.0658. The zero-order valence-electron chi connectivity index (χ0n) is 13.0. The predicted octanol–water partition coefficient (Wildman–Crippen LogP) is 3.05. The second kappa shape index (κ2) is 7.29. The van der Waals surface area contributed by atoms with Gasteiger partial charge in [0.15, 0.2) is 0 Å². The first-order valence-corrected chi connectivity index (χ1v) is 8.92. The number of aliphatic hydroxyl groups excluding tert-OH is 1. The van der Waals surface area contributed by atoms with Crippen LogP contribution in [0.3, 0.4) is 0 Å². The summed E-state index contributed by atoms with van der Waals surface area (Å²) in [4.78, 5) is 15.0. The molecule has 1 saturated heterocycles. The predicted molar refractivity (Wildman–Crippen MR) is 89.3 cm³/mol. The molecule has 2 unspecified atom stereocenters. The lowest BCUT2D eigenvalue weighted by Crippen LogP contribution is -2.55. The molecular formula is C15H22BrNO4S. The van der Waals surface area contributed by atoms with Crippen molar-refractivity contribution in [3.05, 3.63) is 20.8 Å². The smallest absolute Gasteiger partial charge is 0.410 e. The van der Waals surface area contributed by atoms with Gasteiger partial charge in [-0.1, -0.05) is 0 Å². The lowest BCUT2D eigenvalue weighted by Gasteiger charge is -2.38. The average molecular weight is 392 g/mol. The summed E-state index contributed by atoms with van der Waals surface area (Å²) >= 11 is 4.98. The van der Waals surface area contributed by atoms with E-state index in [1.165, 1.54) is 0 Å². The molecule has 1 aromatic heterocycles. The number of amides is 1.